The molecule has 1 N–H and O–H groups in total. The minimum absolute atomic E-state index is 0.0745. The highest BCUT2D eigenvalue weighted by Gasteiger charge is 2.38. The first-order valence-electron chi connectivity index (χ1n) is 6.85. The number of nitrogens with zero attached hydrogens (tertiary/aromatic N) is 2. The van der Waals surface area contributed by atoms with Gasteiger partial charge < -0.3 is 10.2 Å². The summed E-state index contributed by atoms with van der Waals surface area (Å²) in [5, 5.41) is 2.74. The number of imide groups is 1. The molecule has 0 aliphatic carbocycles. The van der Waals surface area contributed by atoms with Crippen LogP contribution in [-0.2, 0) is 4.79 Å². The molecule has 0 aromatic carbocycles. The number of amides is 3. The Balaban J connectivity index is 2.43. The van der Waals surface area contributed by atoms with Crippen molar-refractivity contribution in [3.8, 4) is 0 Å². The molecule has 0 aromatic heterocycles. The van der Waals surface area contributed by atoms with Crippen LogP contribution in [0.5, 0.6) is 0 Å². The average Bonchev–Trinajstić information content (AvgIpc) is 2.62. The van der Waals surface area contributed by atoms with E-state index in [1.807, 2.05) is 13.8 Å². The van der Waals surface area contributed by atoms with E-state index in [0.29, 0.717) is 6.54 Å². The molecule has 0 unspecified atom stereocenters. The van der Waals surface area contributed by atoms with Crippen LogP contribution in [0.15, 0.2) is 0 Å². The number of rotatable bonds is 7. The lowest BCUT2D eigenvalue weighted by molar-refractivity contribution is -0.128. The smallest absolute Gasteiger partial charge is 0.324 e. The number of urea groups is 1. The Kier molecular flexibility index (Phi) is 5.59. The van der Waals surface area contributed by atoms with Gasteiger partial charge in [0.05, 0.1) is 0 Å². The van der Waals surface area contributed by atoms with E-state index in [-0.39, 0.29) is 23.9 Å². The molecule has 1 rings (SSSR count). The predicted molar refractivity (Wildman–Crippen MR) is 71.3 cm³/mol. The van der Waals surface area contributed by atoms with E-state index < -0.39 is 0 Å². The van der Waals surface area contributed by atoms with Crippen LogP contribution in [0.2, 0.25) is 0 Å². The molecule has 0 spiro atoms. The van der Waals surface area contributed by atoms with Crippen LogP contribution in [0, 0.1) is 5.92 Å². The van der Waals surface area contributed by atoms with E-state index in [1.165, 1.54) is 4.90 Å². The van der Waals surface area contributed by atoms with E-state index in [1.54, 1.807) is 0 Å². The Morgan fingerprint density at radius 3 is 2.33 bits per heavy atom. The molecule has 0 saturated carbocycles. The molecule has 1 heterocycles. The maximum atomic E-state index is 12.0. The summed E-state index contributed by atoms with van der Waals surface area (Å²) in [5.74, 6) is 0.0729. The van der Waals surface area contributed by atoms with Crippen molar-refractivity contribution >= 4 is 11.9 Å². The van der Waals surface area contributed by atoms with Crippen molar-refractivity contribution in [1.82, 2.24) is 15.1 Å². The Morgan fingerprint density at radius 2 is 1.89 bits per heavy atom. The molecule has 5 nitrogen and oxygen atoms in total. The van der Waals surface area contributed by atoms with Gasteiger partial charge in [0.2, 0.25) is 0 Å². The van der Waals surface area contributed by atoms with Gasteiger partial charge in [-0.1, -0.05) is 27.7 Å². The number of hydrogen-bond acceptors (Lipinski definition) is 3. The van der Waals surface area contributed by atoms with Gasteiger partial charge in [-0.15, -0.1) is 0 Å². The van der Waals surface area contributed by atoms with Crippen molar-refractivity contribution in [3.05, 3.63) is 0 Å². The largest absolute Gasteiger partial charge is 0.326 e. The van der Waals surface area contributed by atoms with E-state index in [0.717, 1.165) is 26.1 Å². The highest BCUT2D eigenvalue weighted by molar-refractivity contribution is 6.04. The Bertz CT molecular complexity index is 301. The van der Waals surface area contributed by atoms with Crippen molar-refractivity contribution in [2.24, 2.45) is 5.92 Å². The summed E-state index contributed by atoms with van der Waals surface area (Å²) in [6, 6.07) is -0.579. The third-order valence-corrected chi connectivity index (χ3v) is 3.47. The molecular formula is C13H25N3O2. The minimum atomic E-state index is -0.342. The predicted octanol–water partition coefficient (Wildman–Crippen LogP) is 1.29. The molecule has 3 amide bonds. The first kappa shape index (κ1) is 15.0. The van der Waals surface area contributed by atoms with Crippen LogP contribution in [-0.4, -0.2) is 54.0 Å². The quantitative estimate of drug-likeness (QED) is 0.698. The van der Waals surface area contributed by atoms with Crippen LogP contribution >= 0.6 is 0 Å². The van der Waals surface area contributed by atoms with Crippen molar-refractivity contribution in [2.75, 3.05) is 26.2 Å². The molecule has 0 bridgehead atoms. The molecule has 1 atom stereocenters. The van der Waals surface area contributed by atoms with E-state index in [4.69, 9.17) is 0 Å². The lowest BCUT2D eigenvalue weighted by atomic mass is 10.1. The first-order valence-corrected chi connectivity index (χ1v) is 6.85. The maximum Gasteiger partial charge on any atom is 0.324 e. The van der Waals surface area contributed by atoms with Gasteiger partial charge in [0.25, 0.3) is 5.91 Å². The summed E-state index contributed by atoms with van der Waals surface area (Å²) < 4.78 is 0. The lowest BCUT2D eigenvalue weighted by Gasteiger charge is -2.19. The third-order valence-electron chi connectivity index (χ3n) is 3.47. The second kappa shape index (κ2) is 6.73. The van der Waals surface area contributed by atoms with Gasteiger partial charge in [0, 0.05) is 6.54 Å². The topological polar surface area (TPSA) is 52.6 Å². The highest BCUT2D eigenvalue weighted by atomic mass is 16.2. The van der Waals surface area contributed by atoms with Crippen molar-refractivity contribution in [3.63, 3.8) is 0 Å². The number of nitrogens with one attached hydrogen (secondary N) is 1. The van der Waals surface area contributed by atoms with Gasteiger partial charge in [-0.2, -0.15) is 0 Å². The molecule has 104 valence electrons. The summed E-state index contributed by atoms with van der Waals surface area (Å²) in [6.07, 6.45) is 0.839. The fraction of sp³-hybridized carbons (Fsp3) is 0.846. The number of carbonyl (C=O) groups is 2. The van der Waals surface area contributed by atoms with E-state index in [2.05, 4.69) is 24.1 Å². The Hall–Kier alpha value is -1.10. The van der Waals surface area contributed by atoms with Crippen LogP contribution in [0.3, 0.4) is 0 Å². The zero-order valence-electron chi connectivity index (χ0n) is 11.9. The summed E-state index contributed by atoms with van der Waals surface area (Å²) >= 11 is 0. The fourth-order valence-electron chi connectivity index (χ4n) is 2.20. The third kappa shape index (κ3) is 3.45. The van der Waals surface area contributed by atoms with Gasteiger partial charge >= 0.3 is 6.03 Å². The van der Waals surface area contributed by atoms with E-state index >= 15 is 0 Å². The van der Waals surface area contributed by atoms with E-state index in [9.17, 15) is 9.59 Å². The van der Waals surface area contributed by atoms with Gasteiger partial charge in [-0.25, -0.2) is 4.79 Å². The second-order valence-electron chi connectivity index (χ2n) is 5.04. The Morgan fingerprint density at radius 1 is 1.28 bits per heavy atom. The molecule has 0 aromatic rings. The first-order chi connectivity index (χ1) is 8.51. The monoisotopic (exact) mass is 255 g/mol. The molecule has 1 saturated heterocycles. The second-order valence-corrected chi connectivity index (χ2v) is 5.04. The van der Waals surface area contributed by atoms with Crippen molar-refractivity contribution in [2.45, 2.75) is 40.2 Å². The normalized spacial score (nSPS) is 20.1. The number of hydrogen-bond donors (Lipinski definition) is 1. The zero-order valence-corrected chi connectivity index (χ0v) is 11.9. The molecule has 1 aliphatic heterocycles. The lowest BCUT2D eigenvalue weighted by Crippen LogP contribution is -2.36. The summed E-state index contributed by atoms with van der Waals surface area (Å²) in [6.45, 7) is 11.6. The minimum Gasteiger partial charge on any atom is -0.326 e. The fourth-order valence-corrected chi connectivity index (χ4v) is 2.20. The molecule has 18 heavy (non-hydrogen) atoms. The molecule has 5 heteroatoms. The van der Waals surface area contributed by atoms with Crippen molar-refractivity contribution in [1.29, 1.82) is 0 Å². The van der Waals surface area contributed by atoms with Gasteiger partial charge in [-0.3, -0.25) is 9.69 Å². The van der Waals surface area contributed by atoms with Crippen LogP contribution < -0.4 is 5.32 Å². The van der Waals surface area contributed by atoms with Gasteiger partial charge in [0.1, 0.15) is 6.04 Å². The summed E-state index contributed by atoms with van der Waals surface area (Å²) in [7, 11) is 0. The average molecular weight is 255 g/mol. The number of carbonyl (C=O) groups excluding carboxylic acids is 2. The zero-order chi connectivity index (χ0) is 13.7. The SMILES string of the molecule is CCN(CC)CCCN1C(=O)N[C@H](C(C)C)C1=O. The van der Waals surface area contributed by atoms with Gasteiger partial charge in [0.15, 0.2) is 0 Å². The molecular weight excluding hydrogens is 230 g/mol. The summed E-state index contributed by atoms with van der Waals surface area (Å²) in [5.41, 5.74) is 0. The highest BCUT2D eigenvalue weighted by Crippen LogP contribution is 2.13. The van der Waals surface area contributed by atoms with Gasteiger partial charge in [-0.05, 0) is 32.0 Å². The van der Waals surface area contributed by atoms with Crippen molar-refractivity contribution < 1.29 is 9.59 Å². The molecule has 0 radical (unpaired) electrons. The van der Waals surface area contributed by atoms with Crippen LogP contribution in [0.25, 0.3) is 0 Å². The van der Waals surface area contributed by atoms with Crippen LogP contribution in [0.4, 0.5) is 4.79 Å². The molecule has 1 fully saturated rings. The summed E-state index contributed by atoms with van der Waals surface area (Å²) in [4.78, 5) is 27.3. The Labute approximate surface area is 110 Å². The standard InChI is InChI=1S/C13H25N3O2/c1-5-15(6-2)8-7-9-16-12(17)11(10(3)4)14-13(16)18/h10-11H,5-9H2,1-4H3,(H,14,18)/t11-/m1/s1. The van der Waals surface area contributed by atoms with Crippen LogP contribution in [0.1, 0.15) is 34.1 Å². The molecule has 1 aliphatic rings. The maximum absolute atomic E-state index is 12.0.